The van der Waals surface area contributed by atoms with Crippen LogP contribution in [0.15, 0.2) is 18.2 Å². The van der Waals surface area contributed by atoms with Crippen LogP contribution in [0.4, 0.5) is 18.9 Å². The number of benzene rings is 1. The van der Waals surface area contributed by atoms with E-state index in [1.807, 2.05) is 0 Å². The Hall–Kier alpha value is -1.57. The lowest BCUT2D eigenvalue weighted by Crippen LogP contribution is -2.42. The molecule has 1 N–H and O–H groups in total. The van der Waals surface area contributed by atoms with E-state index in [2.05, 4.69) is 5.32 Å². The van der Waals surface area contributed by atoms with Crippen LogP contribution in [0.25, 0.3) is 0 Å². The number of hydrogen-bond acceptors (Lipinski definition) is 3. The third-order valence-electron chi connectivity index (χ3n) is 3.32. The summed E-state index contributed by atoms with van der Waals surface area (Å²) in [5, 5.41) is 2.47. The third-order valence-corrected chi connectivity index (χ3v) is 4.59. The molecule has 2 rings (SSSR count). The zero-order chi connectivity index (χ0) is 15.6. The minimum absolute atomic E-state index is 0.0139. The average Bonchev–Trinajstić information content (AvgIpc) is 2.45. The second kappa shape index (κ2) is 6.05. The molecule has 0 bridgehead atoms. The van der Waals surface area contributed by atoms with Crippen molar-refractivity contribution in [3.63, 3.8) is 0 Å². The van der Waals surface area contributed by atoms with Crippen molar-refractivity contribution in [1.29, 1.82) is 0 Å². The van der Waals surface area contributed by atoms with Crippen molar-refractivity contribution in [2.45, 2.75) is 6.18 Å². The summed E-state index contributed by atoms with van der Waals surface area (Å²) in [4.78, 5) is 13.8. The average molecular weight is 320 g/mol. The molecule has 1 aliphatic rings. The maximum absolute atomic E-state index is 13.0. The van der Waals surface area contributed by atoms with E-state index in [9.17, 15) is 22.2 Å². The minimum Gasteiger partial charge on any atom is -0.387 e. The second-order valence-corrected chi connectivity index (χ2v) is 6.31. The summed E-state index contributed by atoms with van der Waals surface area (Å²) in [6.07, 6.45) is -4.53. The fourth-order valence-corrected chi connectivity index (χ4v) is 3.30. The number of para-hydroxylation sites is 1. The molecule has 0 saturated carbocycles. The number of amides is 1. The molecular formula is C13H15F3N2O2S. The Kier molecular flexibility index (Phi) is 4.55. The fourth-order valence-electron chi connectivity index (χ4n) is 2.25. The summed E-state index contributed by atoms with van der Waals surface area (Å²) < 4.78 is 50.2. The van der Waals surface area contributed by atoms with Crippen LogP contribution in [0.3, 0.4) is 0 Å². The monoisotopic (exact) mass is 320 g/mol. The predicted molar refractivity (Wildman–Crippen MR) is 74.8 cm³/mol. The molecule has 116 valence electrons. The van der Waals surface area contributed by atoms with E-state index < -0.39 is 28.4 Å². The summed E-state index contributed by atoms with van der Waals surface area (Å²) in [5.41, 5.74) is -1.10. The molecule has 0 radical (unpaired) electrons. The van der Waals surface area contributed by atoms with Crippen molar-refractivity contribution < 1.29 is 22.2 Å². The van der Waals surface area contributed by atoms with Crippen molar-refractivity contribution in [2.75, 3.05) is 37.0 Å². The Morgan fingerprint density at radius 2 is 1.90 bits per heavy atom. The first-order valence-electron chi connectivity index (χ1n) is 6.37. The molecule has 0 spiro atoms. The zero-order valence-electron chi connectivity index (χ0n) is 11.4. The molecule has 0 unspecified atom stereocenters. The molecule has 0 aliphatic carbocycles. The molecule has 1 saturated heterocycles. The molecule has 1 aromatic rings. The molecule has 8 heteroatoms. The second-order valence-electron chi connectivity index (χ2n) is 4.62. The maximum Gasteiger partial charge on any atom is 0.418 e. The number of nitrogens with one attached hydrogen (secondary N) is 1. The highest BCUT2D eigenvalue weighted by molar-refractivity contribution is 7.85. The highest BCUT2D eigenvalue weighted by Crippen LogP contribution is 2.36. The van der Waals surface area contributed by atoms with Gasteiger partial charge in [-0.15, -0.1) is 0 Å². The van der Waals surface area contributed by atoms with E-state index in [1.165, 1.54) is 24.1 Å². The molecule has 21 heavy (non-hydrogen) atoms. The summed E-state index contributed by atoms with van der Waals surface area (Å²) in [7, 11) is 0.405. The molecular weight excluding hydrogens is 305 g/mol. The van der Waals surface area contributed by atoms with Crippen LogP contribution in [-0.4, -0.2) is 46.7 Å². The molecule has 1 fully saturated rings. The number of anilines is 1. The van der Waals surface area contributed by atoms with Crippen LogP contribution in [0.5, 0.6) is 0 Å². The molecule has 1 aliphatic heterocycles. The first kappa shape index (κ1) is 15.8. The Balaban J connectivity index is 2.35. The summed E-state index contributed by atoms with van der Waals surface area (Å²) >= 11 is 0. The first-order chi connectivity index (χ1) is 9.84. The quantitative estimate of drug-likeness (QED) is 0.906. The van der Waals surface area contributed by atoms with Crippen LogP contribution in [0.1, 0.15) is 15.9 Å². The van der Waals surface area contributed by atoms with Gasteiger partial charge < -0.3 is 10.2 Å². The molecule has 1 heterocycles. The fraction of sp³-hybridized carbons (Fsp3) is 0.462. The number of alkyl halides is 3. The van der Waals surface area contributed by atoms with Gasteiger partial charge in [-0.1, -0.05) is 6.07 Å². The topological polar surface area (TPSA) is 49.4 Å². The van der Waals surface area contributed by atoms with Crippen molar-refractivity contribution in [3.05, 3.63) is 29.3 Å². The molecule has 1 aromatic carbocycles. The highest BCUT2D eigenvalue weighted by atomic mass is 32.2. The van der Waals surface area contributed by atoms with Gasteiger partial charge in [-0.2, -0.15) is 13.2 Å². The maximum atomic E-state index is 13.0. The van der Waals surface area contributed by atoms with E-state index >= 15 is 0 Å². The van der Waals surface area contributed by atoms with Crippen LogP contribution in [0.2, 0.25) is 0 Å². The summed E-state index contributed by atoms with van der Waals surface area (Å²) in [5.74, 6) is 0.251. The van der Waals surface area contributed by atoms with Gasteiger partial charge in [0.05, 0.1) is 16.8 Å². The van der Waals surface area contributed by atoms with Gasteiger partial charge in [0.15, 0.2) is 0 Å². The van der Waals surface area contributed by atoms with Gasteiger partial charge in [0.25, 0.3) is 5.91 Å². The van der Waals surface area contributed by atoms with Crippen molar-refractivity contribution >= 4 is 22.4 Å². The molecule has 4 nitrogen and oxygen atoms in total. The van der Waals surface area contributed by atoms with Gasteiger partial charge >= 0.3 is 6.18 Å². The number of carbonyl (C=O) groups is 1. The van der Waals surface area contributed by atoms with E-state index in [1.54, 1.807) is 0 Å². The molecule has 0 aromatic heterocycles. The van der Waals surface area contributed by atoms with Crippen molar-refractivity contribution in [2.24, 2.45) is 0 Å². The summed E-state index contributed by atoms with van der Waals surface area (Å²) in [6.45, 7) is 0.593. The van der Waals surface area contributed by atoms with Gasteiger partial charge in [0.1, 0.15) is 0 Å². The van der Waals surface area contributed by atoms with Gasteiger partial charge in [0.2, 0.25) is 0 Å². The van der Waals surface area contributed by atoms with E-state index in [0.29, 0.717) is 24.6 Å². The number of hydrogen-bond donors (Lipinski definition) is 1. The van der Waals surface area contributed by atoms with Gasteiger partial charge in [0, 0.05) is 42.4 Å². The molecule has 0 atom stereocenters. The van der Waals surface area contributed by atoms with E-state index in [4.69, 9.17) is 0 Å². The van der Waals surface area contributed by atoms with Crippen LogP contribution in [-0.2, 0) is 17.0 Å². The lowest BCUT2D eigenvalue weighted by Gasteiger charge is -2.27. The lowest BCUT2D eigenvalue weighted by atomic mass is 10.1. The lowest BCUT2D eigenvalue weighted by molar-refractivity contribution is -0.136. The van der Waals surface area contributed by atoms with E-state index in [-0.39, 0.29) is 11.3 Å². The van der Waals surface area contributed by atoms with Crippen LogP contribution in [0, 0.1) is 0 Å². The zero-order valence-corrected chi connectivity index (χ0v) is 12.2. The first-order valence-corrected chi connectivity index (χ1v) is 7.85. The largest absolute Gasteiger partial charge is 0.418 e. The van der Waals surface area contributed by atoms with E-state index in [0.717, 1.165) is 6.07 Å². The highest BCUT2D eigenvalue weighted by Gasteiger charge is 2.35. The van der Waals surface area contributed by atoms with Crippen molar-refractivity contribution in [3.8, 4) is 0 Å². The Labute approximate surface area is 122 Å². The van der Waals surface area contributed by atoms with Crippen LogP contribution < -0.4 is 5.32 Å². The minimum atomic E-state index is -4.53. The molecule has 1 amide bonds. The SMILES string of the molecule is CNc1c(C(=O)N2CCS(=O)CC2)cccc1C(F)(F)F. The number of carbonyl (C=O) groups excluding carboxylic acids is 1. The Morgan fingerprint density at radius 1 is 1.29 bits per heavy atom. The number of halogens is 3. The normalized spacial score (nSPS) is 16.9. The summed E-state index contributed by atoms with van der Waals surface area (Å²) in [6, 6.07) is 3.53. The van der Waals surface area contributed by atoms with Crippen LogP contribution >= 0.6 is 0 Å². The predicted octanol–water partition coefficient (Wildman–Crippen LogP) is 1.95. The van der Waals surface area contributed by atoms with Gasteiger partial charge in [-0.05, 0) is 12.1 Å². The Bertz CT molecular complexity index is 565. The van der Waals surface area contributed by atoms with Crippen molar-refractivity contribution in [1.82, 2.24) is 4.90 Å². The smallest absolute Gasteiger partial charge is 0.387 e. The van der Waals surface area contributed by atoms with Gasteiger partial charge in [-0.25, -0.2) is 0 Å². The van der Waals surface area contributed by atoms with Gasteiger partial charge in [-0.3, -0.25) is 9.00 Å². The third kappa shape index (κ3) is 3.37. The number of nitrogens with zero attached hydrogens (tertiary/aromatic N) is 1. The number of rotatable bonds is 2. The standard InChI is InChI=1S/C13H15F3N2O2S/c1-17-11-9(3-2-4-10(11)13(14,15)16)12(19)18-5-7-21(20)8-6-18/h2-4,17H,5-8H2,1H3. The Morgan fingerprint density at radius 3 is 2.43 bits per heavy atom.